The summed E-state index contributed by atoms with van der Waals surface area (Å²) in [6, 6.07) is 20.8. The molecule has 0 saturated heterocycles. The lowest BCUT2D eigenvalue weighted by molar-refractivity contribution is -0.384. The number of nitro benzene ring substituents is 1. The van der Waals surface area contributed by atoms with Crippen LogP contribution < -0.4 is 4.90 Å². The predicted molar refractivity (Wildman–Crippen MR) is 133 cm³/mol. The van der Waals surface area contributed by atoms with Crippen LogP contribution in [0.2, 0.25) is 0 Å². The quantitative estimate of drug-likeness (QED) is 0.192. The molecule has 0 unspecified atom stereocenters. The van der Waals surface area contributed by atoms with Crippen LogP contribution >= 0.6 is 22.6 Å². The van der Waals surface area contributed by atoms with Crippen molar-refractivity contribution < 1.29 is 19.6 Å². The Bertz CT molecular complexity index is 1300. The highest BCUT2D eigenvalue weighted by Crippen LogP contribution is 2.42. The van der Waals surface area contributed by atoms with Gasteiger partial charge < -0.3 is 5.11 Å². The first-order chi connectivity index (χ1) is 15.9. The molecule has 0 aromatic heterocycles. The molecule has 0 spiro atoms. The number of ketones is 1. The normalized spacial score (nSPS) is 16.0. The zero-order valence-corrected chi connectivity index (χ0v) is 19.2. The highest BCUT2D eigenvalue weighted by Gasteiger charge is 2.44. The molecule has 7 nitrogen and oxygen atoms in total. The number of amides is 1. The molecule has 0 radical (unpaired) electrons. The second-order valence-electron chi connectivity index (χ2n) is 7.28. The molecule has 1 atom stereocenters. The van der Waals surface area contributed by atoms with Crippen molar-refractivity contribution in [2.24, 2.45) is 0 Å². The van der Waals surface area contributed by atoms with Crippen LogP contribution in [0.3, 0.4) is 0 Å². The Balaban J connectivity index is 1.82. The number of benzene rings is 3. The molecule has 1 N–H and O–H groups in total. The molecule has 0 saturated carbocycles. The van der Waals surface area contributed by atoms with Gasteiger partial charge in [0.2, 0.25) is 0 Å². The van der Waals surface area contributed by atoms with Gasteiger partial charge in [0.1, 0.15) is 0 Å². The lowest BCUT2D eigenvalue weighted by Gasteiger charge is -2.26. The number of non-ortho nitro benzene ring substituents is 1. The molecule has 1 aliphatic rings. The molecular weight excluding hydrogens is 535 g/mol. The minimum Gasteiger partial charge on any atom is -0.503 e. The van der Waals surface area contributed by atoms with Crippen molar-refractivity contribution in [3.63, 3.8) is 0 Å². The third kappa shape index (κ3) is 4.56. The number of allylic oxidation sites excluding steroid dienone is 1. The third-order valence-electron chi connectivity index (χ3n) is 5.20. The Kier molecular flexibility index (Phi) is 6.36. The van der Waals surface area contributed by atoms with E-state index in [-0.39, 0.29) is 11.3 Å². The maximum Gasteiger partial charge on any atom is 0.294 e. The average Bonchev–Trinajstić information content (AvgIpc) is 3.09. The number of aliphatic hydroxyl groups excluding tert-OH is 1. The number of carbonyl (C=O) groups is 2. The molecule has 3 aromatic rings. The van der Waals surface area contributed by atoms with Crippen LogP contribution in [0.4, 0.5) is 11.4 Å². The summed E-state index contributed by atoms with van der Waals surface area (Å²) in [6.45, 7) is 0. The molecule has 3 aromatic carbocycles. The molecule has 4 rings (SSSR count). The van der Waals surface area contributed by atoms with E-state index in [4.69, 9.17) is 0 Å². The Hall–Kier alpha value is -3.79. The summed E-state index contributed by atoms with van der Waals surface area (Å²) in [6.07, 6.45) is 2.88. The maximum atomic E-state index is 13.2. The maximum absolute atomic E-state index is 13.2. The van der Waals surface area contributed by atoms with Gasteiger partial charge in [-0.05, 0) is 64.1 Å². The smallest absolute Gasteiger partial charge is 0.294 e. The lowest BCUT2D eigenvalue weighted by atomic mass is 9.95. The van der Waals surface area contributed by atoms with Crippen molar-refractivity contribution in [3.05, 3.63) is 121 Å². The number of aliphatic hydroxyl groups is 1. The molecule has 0 aliphatic carbocycles. The molecule has 164 valence electrons. The zero-order valence-electron chi connectivity index (χ0n) is 17.1. The molecule has 1 amide bonds. The second kappa shape index (κ2) is 9.37. The van der Waals surface area contributed by atoms with Crippen LogP contribution in [0, 0.1) is 13.7 Å². The lowest BCUT2D eigenvalue weighted by Crippen LogP contribution is -2.30. The van der Waals surface area contributed by atoms with E-state index < -0.39 is 28.4 Å². The monoisotopic (exact) mass is 552 g/mol. The van der Waals surface area contributed by atoms with Crippen molar-refractivity contribution >= 4 is 51.7 Å². The Morgan fingerprint density at radius 3 is 2.39 bits per heavy atom. The number of halogens is 1. The molecule has 0 bridgehead atoms. The fourth-order valence-corrected chi connectivity index (χ4v) is 4.03. The van der Waals surface area contributed by atoms with E-state index >= 15 is 0 Å². The van der Waals surface area contributed by atoms with Crippen molar-refractivity contribution in [2.45, 2.75) is 6.04 Å². The zero-order chi connectivity index (χ0) is 23.5. The van der Waals surface area contributed by atoms with E-state index in [9.17, 15) is 24.8 Å². The van der Waals surface area contributed by atoms with E-state index in [0.717, 1.165) is 9.13 Å². The summed E-state index contributed by atoms with van der Waals surface area (Å²) in [4.78, 5) is 38.4. The van der Waals surface area contributed by atoms with E-state index in [1.807, 2.05) is 30.3 Å². The van der Waals surface area contributed by atoms with Gasteiger partial charge in [-0.3, -0.25) is 24.6 Å². The van der Waals surface area contributed by atoms with Gasteiger partial charge in [0.25, 0.3) is 11.6 Å². The van der Waals surface area contributed by atoms with E-state index in [0.29, 0.717) is 11.3 Å². The first-order valence-electron chi connectivity index (χ1n) is 9.91. The number of anilines is 1. The number of rotatable bonds is 6. The molecule has 1 aliphatic heterocycles. The van der Waals surface area contributed by atoms with Gasteiger partial charge in [0.05, 0.1) is 16.5 Å². The van der Waals surface area contributed by atoms with E-state index in [2.05, 4.69) is 22.6 Å². The van der Waals surface area contributed by atoms with Crippen molar-refractivity contribution in [1.82, 2.24) is 0 Å². The molecule has 33 heavy (non-hydrogen) atoms. The van der Waals surface area contributed by atoms with Crippen LogP contribution in [0.5, 0.6) is 0 Å². The first kappa shape index (κ1) is 22.4. The van der Waals surface area contributed by atoms with Crippen molar-refractivity contribution in [2.75, 3.05) is 4.90 Å². The first-order valence-corrected chi connectivity index (χ1v) is 11.0. The van der Waals surface area contributed by atoms with Gasteiger partial charge in [-0.15, -0.1) is 0 Å². The van der Waals surface area contributed by atoms with E-state index in [1.165, 1.54) is 29.2 Å². The predicted octanol–water partition coefficient (Wildman–Crippen LogP) is 5.38. The summed E-state index contributed by atoms with van der Waals surface area (Å²) in [5.74, 6) is -1.98. The Labute approximate surface area is 203 Å². The highest BCUT2D eigenvalue weighted by molar-refractivity contribution is 14.1. The summed E-state index contributed by atoms with van der Waals surface area (Å²) in [7, 11) is 0. The molecule has 0 fully saturated rings. The minimum absolute atomic E-state index is 0.133. The molecule has 8 heteroatoms. The minimum atomic E-state index is -1.02. The van der Waals surface area contributed by atoms with Crippen LogP contribution in [0.1, 0.15) is 17.2 Å². The number of carbonyl (C=O) groups excluding carboxylic acids is 2. The topological polar surface area (TPSA) is 101 Å². The van der Waals surface area contributed by atoms with Crippen molar-refractivity contribution in [1.29, 1.82) is 0 Å². The number of nitro groups is 1. The average molecular weight is 552 g/mol. The standard InChI is InChI=1S/C25H17IN2O5/c26-18-10-12-19(13-11-18)27-23(17-7-4-8-20(15-17)28(32)33)22(24(30)25(27)31)21(29)14-9-16-5-2-1-3-6-16/h1-15,23,30H/b14-9+/t23-/m1/s1. The van der Waals surface area contributed by atoms with E-state index in [1.54, 1.807) is 36.4 Å². The van der Waals surface area contributed by atoms with Gasteiger partial charge in [-0.25, -0.2) is 0 Å². The van der Waals surface area contributed by atoms with Crippen LogP contribution in [-0.4, -0.2) is 21.7 Å². The highest BCUT2D eigenvalue weighted by atomic mass is 127. The van der Waals surface area contributed by atoms with Gasteiger partial charge in [0, 0.05) is 21.4 Å². The number of hydrogen-bond donors (Lipinski definition) is 1. The second-order valence-corrected chi connectivity index (χ2v) is 8.52. The third-order valence-corrected chi connectivity index (χ3v) is 5.92. The van der Waals surface area contributed by atoms with Crippen LogP contribution in [-0.2, 0) is 9.59 Å². The van der Waals surface area contributed by atoms with Gasteiger partial charge in [-0.1, -0.05) is 48.5 Å². The number of nitrogens with zero attached hydrogens (tertiary/aromatic N) is 2. The summed E-state index contributed by atoms with van der Waals surface area (Å²) in [5.41, 5.74) is 1.26. The molecule has 1 heterocycles. The number of hydrogen-bond acceptors (Lipinski definition) is 5. The van der Waals surface area contributed by atoms with Gasteiger partial charge in [-0.2, -0.15) is 0 Å². The summed E-state index contributed by atoms with van der Waals surface area (Å²) in [5, 5.41) is 22.1. The largest absolute Gasteiger partial charge is 0.503 e. The van der Waals surface area contributed by atoms with Gasteiger partial charge in [0.15, 0.2) is 11.5 Å². The fourth-order valence-electron chi connectivity index (χ4n) is 3.67. The molecular formula is C25H17IN2O5. The van der Waals surface area contributed by atoms with Gasteiger partial charge >= 0.3 is 0 Å². The summed E-state index contributed by atoms with van der Waals surface area (Å²) >= 11 is 2.13. The Morgan fingerprint density at radius 2 is 1.73 bits per heavy atom. The van der Waals surface area contributed by atoms with Crippen LogP contribution in [0.25, 0.3) is 6.08 Å². The van der Waals surface area contributed by atoms with Crippen molar-refractivity contribution in [3.8, 4) is 0 Å². The Morgan fingerprint density at radius 1 is 1.03 bits per heavy atom. The van der Waals surface area contributed by atoms with Crippen LogP contribution in [0.15, 0.2) is 96.3 Å². The fraction of sp³-hybridized carbons (Fsp3) is 0.0400. The summed E-state index contributed by atoms with van der Waals surface area (Å²) < 4.78 is 0.939. The SMILES string of the molecule is O=C(/C=C/c1ccccc1)C1=C(O)C(=O)N(c2ccc(I)cc2)[C@@H]1c1cccc([N+](=O)[O-])c1.